The molecule has 9 nitrogen and oxygen atoms in total. The molecule has 3 heterocycles. The summed E-state index contributed by atoms with van der Waals surface area (Å²) >= 11 is 0. The molecule has 2 aliphatic rings. The lowest BCUT2D eigenvalue weighted by Gasteiger charge is -2.33. The minimum atomic E-state index is -0.299. The third-order valence-electron chi connectivity index (χ3n) is 6.52. The van der Waals surface area contributed by atoms with Gasteiger partial charge >= 0.3 is 6.03 Å². The third-order valence-corrected chi connectivity index (χ3v) is 6.52. The fourth-order valence-electron chi connectivity index (χ4n) is 4.77. The molecule has 0 unspecified atom stereocenters. The summed E-state index contributed by atoms with van der Waals surface area (Å²) in [6, 6.07) is 3.42. The van der Waals surface area contributed by atoms with Crippen LogP contribution in [-0.2, 0) is 4.79 Å². The summed E-state index contributed by atoms with van der Waals surface area (Å²) in [7, 11) is 0. The summed E-state index contributed by atoms with van der Waals surface area (Å²) < 4.78 is 5.61. The molecule has 1 saturated heterocycles. The van der Waals surface area contributed by atoms with Crippen LogP contribution in [0.4, 0.5) is 4.79 Å². The fourth-order valence-corrected chi connectivity index (χ4v) is 4.77. The molecule has 33 heavy (non-hydrogen) atoms. The molecular formula is C24H34N6O3. The van der Waals surface area contributed by atoms with Crippen molar-refractivity contribution in [3.05, 3.63) is 30.4 Å². The summed E-state index contributed by atoms with van der Waals surface area (Å²) in [5.41, 5.74) is 0.785. The second-order valence-corrected chi connectivity index (χ2v) is 9.52. The van der Waals surface area contributed by atoms with Crippen molar-refractivity contribution in [1.82, 2.24) is 30.7 Å². The molecule has 3 atom stereocenters. The normalized spacial score (nSPS) is 24.2. The van der Waals surface area contributed by atoms with E-state index in [1.54, 1.807) is 12.4 Å². The Morgan fingerprint density at radius 3 is 2.91 bits per heavy atom. The molecule has 0 aromatic carbocycles. The first-order chi connectivity index (χ1) is 16.0. The molecule has 2 aromatic rings. The van der Waals surface area contributed by atoms with E-state index in [1.165, 1.54) is 0 Å². The average Bonchev–Trinajstić information content (AvgIpc) is 3.47. The van der Waals surface area contributed by atoms with E-state index in [2.05, 4.69) is 39.6 Å². The second-order valence-electron chi connectivity index (χ2n) is 9.52. The van der Waals surface area contributed by atoms with Crippen LogP contribution in [-0.4, -0.2) is 57.6 Å². The average molecular weight is 455 g/mol. The van der Waals surface area contributed by atoms with E-state index < -0.39 is 0 Å². The maximum atomic E-state index is 13.2. The number of hydrogen-bond donors (Lipinski definition) is 2. The van der Waals surface area contributed by atoms with E-state index in [9.17, 15) is 9.59 Å². The van der Waals surface area contributed by atoms with Crippen LogP contribution in [0.1, 0.15) is 64.2 Å². The number of urea groups is 1. The molecule has 9 heteroatoms. The predicted molar refractivity (Wildman–Crippen MR) is 123 cm³/mol. The molecule has 0 spiro atoms. The van der Waals surface area contributed by atoms with Gasteiger partial charge in [-0.3, -0.25) is 9.78 Å². The number of fused-ring (bicyclic) bond motifs is 1. The number of hydrogen-bond acceptors (Lipinski definition) is 6. The highest BCUT2D eigenvalue weighted by Gasteiger charge is 2.45. The van der Waals surface area contributed by atoms with Gasteiger partial charge in [0.2, 0.25) is 17.6 Å². The Balaban J connectivity index is 1.57. The fraction of sp³-hybridized carbons (Fsp3) is 0.625. The summed E-state index contributed by atoms with van der Waals surface area (Å²) in [6.07, 6.45) is 8.60. The molecule has 0 radical (unpaired) electrons. The Hall–Kier alpha value is -2.97. The molecule has 1 aliphatic carbocycles. The Kier molecular flexibility index (Phi) is 7.57. The van der Waals surface area contributed by atoms with Crippen molar-refractivity contribution in [2.45, 2.75) is 64.3 Å². The van der Waals surface area contributed by atoms with Crippen LogP contribution in [0.5, 0.6) is 0 Å². The quantitative estimate of drug-likeness (QED) is 0.732. The molecule has 2 aromatic heterocycles. The number of pyridine rings is 1. The lowest BCUT2D eigenvalue weighted by Crippen LogP contribution is -2.51. The van der Waals surface area contributed by atoms with Crippen LogP contribution < -0.4 is 10.6 Å². The number of carbonyl (C=O) groups excluding carboxylic acids is 2. The smallest absolute Gasteiger partial charge is 0.317 e. The maximum absolute atomic E-state index is 13.2. The van der Waals surface area contributed by atoms with E-state index in [1.807, 2.05) is 17.0 Å². The van der Waals surface area contributed by atoms with E-state index in [0.29, 0.717) is 50.1 Å². The standard InChI is InChI=1S/C24H34N6O3/c1-16(2)14-27-24(32)30-11-6-4-3-5-10-26-22(31)19-12-18(13-20(19)30)23-28-21(29-33-23)17-8-7-9-25-15-17/h7-9,15-16,18-20H,3-6,10-14H2,1-2H3,(H,26,31)(H,27,32)/t18-,19-,20+/m1/s1. The van der Waals surface area contributed by atoms with Gasteiger partial charge in [-0.25, -0.2) is 4.79 Å². The number of nitrogens with zero attached hydrogens (tertiary/aromatic N) is 4. The number of nitrogens with one attached hydrogen (secondary N) is 2. The van der Waals surface area contributed by atoms with Crippen LogP contribution in [0.15, 0.2) is 29.0 Å². The molecule has 3 amide bonds. The number of rotatable bonds is 4. The van der Waals surface area contributed by atoms with Crippen molar-refractivity contribution in [1.29, 1.82) is 0 Å². The van der Waals surface area contributed by atoms with Crippen molar-refractivity contribution >= 4 is 11.9 Å². The molecule has 1 aliphatic heterocycles. The van der Waals surface area contributed by atoms with Crippen molar-refractivity contribution < 1.29 is 14.1 Å². The van der Waals surface area contributed by atoms with Crippen LogP contribution >= 0.6 is 0 Å². The zero-order chi connectivity index (χ0) is 23.2. The van der Waals surface area contributed by atoms with Gasteiger partial charge in [-0.15, -0.1) is 0 Å². The summed E-state index contributed by atoms with van der Waals surface area (Å²) in [5.74, 6) is 1.00. The van der Waals surface area contributed by atoms with Crippen molar-refractivity contribution in [3.8, 4) is 11.4 Å². The topological polar surface area (TPSA) is 113 Å². The highest BCUT2D eigenvalue weighted by molar-refractivity contribution is 5.82. The molecular weight excluding hydrogens is 420 g/mol. The summed E-state index contributed by atoms with van der Waals surface area (Å²) in [5, 5.41) is 10.3. The van der Waals surface area contributed by atoms with Crippen LogP contribution in [0.3, 0.4) is 0 Å². The lowest BCUT2D eigenvalue weighted by molar-refractivity contribution is -0.126. The van der Waals surface area contributed by atoms with Crippen molar-refractivity contribution in [2.24, 2.45) is 11.8 Å². The second kappa shape index (κ2) is 10.8. The van der Waals surface area contributed by atoms with Crippen LogP contribution in [0, 0.1) is 11.8 Å². The van der Waals surface area contributed by atoms with Gasteiger partial charge in [-0.1, -0.05) is 31.8 Å². The number of carbonyl (C=O) groups is 2. The largest absolute Gasteiger partial charge is 0.356 e. The number of amides is 3. The van der Waals surface area contributed by atoms with Gasteiger partial charge in [-0.05, 0) is 43.7 Å². The zero-order valence-corrected chi connectivity index (χ0v) is 19.5. The number of aromatic nitrogens is 3. The molecule has 178 valence electrons. The lowest BCUT2D eigenvalue weighted by atomic mass is 10.0. The Morgan fingerprint density at radius 1 is 1.27 bits per heavy atom. The molecule has 1 saturated carbocycles. The van der Waals surface area contributed by atoms with Gasteiger partial charge in [0.1, 0.15) is 0 Å². The maximum Gasteiger partial charge on any atom is 0.317 e. The Morgan fingerprint density at radius 2 is 2.12 bits per heavy atom. The first-order valence-electron chi connectivity index (χ1n) is 12.1. The van der Waals surface area contributed by atoms with E-state index >= 15 is 0 Å². The Bertz CT molecular complexity index is 931. The van der Waals surface area contributed by atoms with E-state index in [-0.39, 0.29) is 29.8 Å². The SMILES string of the molecule is CC(C)CNC(=O)N1CCCCCCNC(=O)[C@@H]2C[C@@H](c3nc(-c4cccnc4)no3)C[C@@H]21. The van der Waals surface area contributed by atoms with Gasteiger partial charge < -0.3 is 20.1 Å². The van der Waals surface area contributed by atoms with Gasteiger partial charge in [0, 0.05) is 49.6 Å². The minimum absolute atomic E-state index is 0.0121. The highest BCUT2D eigenvalue weighted by atomic mass is 16.5. The first kappa shape index (κ1) is 23.2. The molecule has 0 bridgehead atoms. The van der Waals surface area contributed by atoms with Crippen LogP contribution in [0.25, 0.3) is 11.4 Å². The van der Waals surface area contributed by atoms with E-state index in [4.69, 9.17) is 4.52 Å². The summed E-state index contributed by atoms with van der Waals surface area (Å²) in [4.78, 5) is 36.9. The summed E-state index contributed by atoms with van der Waals surface area (Å²) in [6.45, 7) is 6.09. The predicted octanol–water partition coefficient (Wildman–Crippen LogP) is 3.35. The highest BCUT2D eigenvalue weighted by Crippen LogP contribution is 2.41. The zero-order valence-electron chi connectivity index (χ0n) is 19.5. The monoisotopic (exact) mass is 454 g/mol. The Labute approximate surface area is 194 Å². The van der Waals surface area contributed by atoms with E-state index in [0.717, 1.165) is 31.2 Å². The molecule has 2 fully saturated rings. The van der Waals surface area contributed by atoms with Gasteiger partial charge in [0.25, 0.3) is 0 Å². The molecule has 2 N–H and O–H groups in total. The third kappa shape index (κ3) is 5.69. The van der Waals surface area contributed by atoms with Gasteiger partial charge in [0.05, 0.1) is 5.92 Å². The van der Waals surface area contributed by atoms with Gasteiger partial charge in [-0.2, -0.15) is 4.98 Å². The van der Waals surface area contributed by atoms with Crippen LogP contribution in [0.2, 0.25) is 0 Å². The molecule has 4 rings (SSSR count). The minimum Gasteiger partial charge on any atom is -0.356 e. The van der Waals surface area contributed by atoms with Crippen molar-refractivity contribution in [2.75, 3.05) is 19.6 Å². The first-order valence-corrected chi connectivity index (χ1v) is 12.1. The van der Waals surface area contributed by atoms with Crippen molar-refractivity contribution in [3.63, 3.8) is 0 Å². The van der Waals surface area contributed by atoms with Gasteiger partial charge in [0.15, 0.2) is 0 Å².